The van der Waals surface area contributed by atoms with E-state index in [4.69, 9.17) is 4.52 Å². The number of aryl methyl sites for hydroxylation is 1. The van der Waals surface area contributed by atoms with Crippen molar-refractivity contribution >= 4 is 0 Å². The van der Waals surface area contributed by atoms with E-state index in [9.17, 15) is 0 Å². The largest absolute Gasteiger partial charge is 0.337 e. The predicted octanol–water partition coefficient (Wildman–Crippen LogP) is 2.75. The molecule has 0 spiro atoms. The van der Waals surface area contributed by atoms with Crippen molar-refractivity contribution in [1.82, 2.24) is 20.4 Å². The van der Waals surface area contributed by atoms with Crippen LogP contribution >= 0.6 is 0 Å². The molecule has 0 amide bonds. The summed E-state index contributed by atoms with van der Waals surface area (Å²) in [7, 11) is 0. The highest BCUT2D eigenvalue weighted by atomic mass is 16.5. The van der Waals surface area contributed by atoms with Gasteiger partial charge in [0.25, 0.3) is 0 Å². The highest BCUT2D eigenvalue weighted by Crippen LogP contribution is 2.44. The SMILES string of the molecule is CCc1cnccc1-c1noc(C2NCC3CCCC32)n1. The van der Waals surface area contributed by atoms with Crippen molar-refractivity contribution in [2.75, 3.05) is 6.54 Å². The molecule has 5 heteroatoms. The smallest absolute Gasteiger partial charge is 0.244 e. The third-order valence-corrected chi connectivity index (χ3v) is 4.98. The summed E-state index contributed by atoms with van der Waals surface area (Å²) in [5.74, 6) is 2.89. The first kappa shape index (κ1) is 13.0. The number of rotatable bonds is 3. The maximum Gasteiger partial charge on any atom is 0.244 e. The van der Waals surface area contributed by atoms with Crippen LogP contribution in [0.5, 0.6) is 0 Å². The second-order valence-corrected chi connectivity index (χ2v) is 6.08. The van der Waals surface area contributed by atoms with Crippen molar-refractivity contribution in [1.29, 1.82) is 0 Å². The molecule has 2 aromatic heterocycles. The third-order valence-electron chi connectivity index (χ3n) is 4.98. The molecule has 21 heavy (non-hydrogen) atoms. The number of hydrogen-bond donors (Lipinski definition) is 1. The van der Waals surface area contributed by atoms with Crippen LogP contribution in [-0.2, 0) is 6.42 Å². The quantitative estimate of drug-likeness (QED) is 0.939. The summed E-state index contributed by atoms with van der Waals surface area (Å²) in [6.45, 7) is 3.20. The third kappa shape index (κ3) is 2.16. The van der Waals surface area contributed by atoms with E-state index in [1.807, 2.05) is 12.3 Å². The molecule has 0 radical (unpaired) electrons. The molecular formula is C16H20N4O. The maximum atomic E-state index is 5.57. The lowest BCUT2D eigenvalue weighted by Crippen LogP contribution is -2.18. The Morgan fingerprint density at radius 2 is 2.33 bits per heavy atom. The van der Waals surface area contributed by atoms with Crippen LogP contribution in [0.3, 0.4) is 0 Å². The van der Waals surface area contributed by atoms with Gasteiger partial charge in [0.2, 0.25) is 11.7 Å². The zero-order chi connectivity index (χ0) is 14.2. The van der Waals surface area contributed by atoms with Gasteiger partial charge < -0.3 is 9.84 Å². The molecule has 1 saturated carbocycles. The van der Waals surface area contributed by atoms with Crippen LogP contribution in [0.1, 0.15) is 43.7 Å². The zero-order valence-corrected chi connectivity index (χ0v) is 12.2. The fourth-order valence-corrected chi connectivity index (χ4v) is 3.86. The monoisotopic (exact) mass is 284 g/mol. The lowest BCUT2D eigenvalue weighted by Gasteiger charge is -2.13. The Labute approximate surface area is 124 Å². The van der Waals surface area contributed by atoms with E-state index in [0.29, 0.717) is 11.7 Å². The molecule has 0 aromatic carbocycles. The zero-order valence-electron chi connectivity index (χ0n) is 12.2. The Hall–Kier alpha value is -1.75. The van der Waals surface area contributed by atoms with Gasteiger partial charge in [-0.1, -0.05) is 18.5 Å². The summed E-state index contributed by atoms with van der Waals surface area (Å²) < 4.78 is 5.57. The van der Waals surface area contributed by atoms with Crippen LogP contribution in [-0.4, -0.2) is 21.7 Å². The van der Waals surface area contributed by atoms with Gasteiger partial charge in [0.15, 0.2) is 0 Å². The van der Waals surface area contributed by atoms with E-state index >= 15 is 0 Å². The molecule has 1 aliphatic heterocycles. The lowest BCUT2D eigenvalue weighted by molar-refractivity contribution is 0.302. The van der Waals surface area contributed by atoms with Crippen molar-refractivity contribution in [3.63, 3.8) is 0 Å². The van der Waals surface area contributed by atoms with E-state index in [1.54, 1.807) is 6.20 Å². The van der Waals surface area contributed by atoms with Gasteiger partial charge in [0.1, 0.15) is 0 Å². The molecule has 1 aliphatic carbocycles. The molecule has 3 atom stereocenters. The minimum Gasteiger partial charge on any atom is -0.337 e. The second kappa shape index (κ2) is 5.22. The van der Waals surface area contributed by atoms with E-state index < -0.39 is 0 Å². The van der Waals surface area contributed by atoms with E-state index in [-0.39, 0.29) is 6.04 Å². The van der Waals surface area contributed by atoms with Gasteiger partial charge in [-0.15, -0.1) is 0 Å². The maximum absolute atomic E-state index is 5.57. The fourth-order valence-electron chi connectivity index (χ4n) is 3.86. The highest BCUT2D eigenvalue weighted by Gasteiger charge is 2.42. The van der Waals surface area contributed by atoms with Crippen LogP contribution in [0.25, 0.3) is 11.4 Å². The Bertz CT molecular complexity index is 639. The number of nitrogens with zero attached hydrogens (tertiary/aromatic N) is 3. The van der Waals surface area contributed by atoms with E-state index in [1.165, 1.54) is 19.3 Å². The van der Waals surface area contributed by atoms with Gasteiger partial charge in [-0.2, -0.15) is 4.98 Å². The predicted molar refractivity (Wildman–Crippen MR) is 78.5 cm³/mol. The minimum absolute atomic E-state index is 0.241. The Kier molecular flexibility index (Phi) is 3.22. The molecule has 110 valence electrons. The molecular weight excluding hydrogens is 264 g/mol. The lowest BCUT2D eigenvalue weighted by atomic mass is 9.94. The van der Waals surface area contributed by atoms with Crippen LogP contribution in [0.4, 0.5) is 0 Å². The Morgan fingerprint density at radius 1 is 1.38 bits per heavy atom. The summed E-state index contributed by atoms with van der Waals surface area (Å²) in [6.07, 6.45) is 8.52. The van der Waals surface area contributed by atoms with Crippen molar-refractivity contribution in [3.8, 4) is 11.4 Å². The summed E-state index contributed by atoms with van der Waals surface area (Å²) in [6, 6.07) is 2.21. The average molecular weight is 284 g/mol. The van der Waals surface area contributed by atoms with Crippen molar-refractivity contribution < 1.29 is 4.52 Å². The van der Waals surface area contributed by atoms with Crippen molar-refractivity contribution in [3.05, 3.63) is 29.9 Å². The van der Waals surface area contributed by atoms with Gasteiger partial charge in [0.05, 0.1) is 6.04 Å². The van der Waals surface area contributed by atoms with Crippen molar-refractivity contribution in [2.24, 2.45) is 11.8 Å². The molecule has 5 nitrogen and oxygen atoms in total. The van der Waals surface area contributed by atoms with Crippen LogP contribution < -0.4 is 5.32 Å². The summed E-state index contributed by atoms with van der Waals surface area (Å²) in [5.41, 5.74) is 2.19. The van der Waals surface area contributed by atoms with Crippen LogP contribution in [0.2, 0.25) is 0 Å². The van der Waals surface area contributed by atoms with Crippen LogP contribution in [0, 0.1) is 11.8 Å². The Morgan fingerprint density at radius 3 is 3.24 bits per heavy atom. The number of pyridine rings is 1. The number of hydrogen-bond acceptors (Lipinski definition) is 5. The molecule has 2 aromatic rings. The first-order valence-electron chi connectivity index (χ1n) is 7.87. The minimum atomic E-state index is 0.241. The molecule has 0 bridgehead atoms. The molecule has 2 aliphatic rings. The topological polar surface area (TPSA) is 63.8 Å². The van der Waals surface area contributed by atoms with Gasteiger partial charge in [0, 0.05) is 18.0 Å². The van der Waals surface area contributed by atoms with Gasteiger partial charge in [-0.05, 0) is 49.3 Å². The molecule has 4 rings (SSSR count). The van der Waals surface area contributed by atoms with Crippen molar-refractivity contribution in [2.45, 2.75) is 38.6 Å². The molecule has 2 fully saturated rings. The van der Waals surface area contributed by atoms with E-state index in [2.05, 4.69) is 27.4 Å². The average Bonchev–Trinajstić information content (AvgIpc) is 3.23. The fraction of sp³-hybridized carbons (Fsp3) is 0.562. The number of nitrogens with one attached hydrogen (secondary N) is 1. The van der Waals surface area contributed by atoms with Crippen LogP contribution in [0.15, 0.2) is 23.0 Å². The second-order valence-electron chi connectivity index (χ2n) is 6.08. The molecule has 3 heterocycles. The Balaban J connectivity index is 1.64. The molecule has 3 unspecified atom stereocenters. The summed E-state index contributed by atoms with van der Waals surface area (Å²) in [5, 5.41) is 7.76. The highest BCUT2D eigenvalue weighted by molar-refractivity contribution is 5.58. The normalized spacial score (nSPS) is 28.0. The summed E-state index contributed by atoms with van der Waals surface area (Å²) >= 11 is 0. The van der Waals surface area contributed by atoms with Gasteiger partial charge >= 0.3 is 0 Å². The van der Waals surface area contributed by atoms with Gasteiger partial charge in [-0.3, -0.25) is 4.98 Å². The first-order valence-corrected chi connectivity index (χ1v) is 7.87. The van der Waals surface area contributed by atoms with Gasteiger partial charge in [-0.25, -0.2) is 0 Å². The summed E-state index contributed by atoms with van der Waals surface area (Å²) in [4.78, 5) is 8.83. The standard InChI is InChI=1S/C16H20N4O/c1-2-10-8-17-7-6-13(10)15-19-16(21-20-15)14-12-5-3-4-11(12)9-18-14/h6-8,11-12,14,18H,2-5,9H2,1H3. The number of fused-ring (bicyclic) bond motifs is 1. The first-order chi connectivity index (χ1) is 10.4. The van der Waals surface area contributed by atoms with E-state index in [0.717, 1.165) is 35.9 Å². The molecule has 1 saturated heterocycles. The number of aromatic nitrogens is 3. The molecule has 1 N–H and O–H groups in total.